The van der Waals surface area contributed by atoms with Gasteiger partial charge in [0.1, 0.15) is 0 Å². The summed E-state index contributed by atoms with van der Waals surface area (Å²) in [7, 11) is 0. The zero-order valence-electron chi connectivity index (χ0n) is 14.4. The Balaban J connectivity index is 0.00000225. The molecule has 1 aromatic heterocycles. The van der Waals surface area contributed by atoms with Gasteiger partial charge >= 0.3 is 0 Å². The van der Waals surface area contributed by atoms with E-state index in [4.69, 9.17) is 4.74 Å². The van der Waals surface area contributed by atoms with Gasteiger partial charge < -0.3 is 15.0 Å². The minimum atomic E-state index is 0. The molecule has 0 saturated carbocycles. The molecular formula is C19H25ClN2O2S. The van der Waals surface area contributed by atoms with Crippen molar-refractivity contribution in [3.05, 3.63) is 58.3 Å². The normalized spacial score (nSPS) is 18.2. The van der Waals surface area contributed by atoms with E-state index in [0.29, 0.717) is 19.6 Å². The second-order valence-corrected chi connectivity index (χ2v) is 7.11. The highest BCUT2D eigenvalue weighted by Gasteiger charge is 2.26. The monoisotopic (exact) mass is 380 g/mol. The lowest BCUT2D eigenvalue weighted by Gasteiger charge is -2.31. The van der Waals surface area contributed by atoms with Crippen LogP contribution in [0.2, 0.25) is 0 Å². The van der Waals surface area contributed by atoms with Gasteiger partial charge in [-0.05, 0) is 23.9 Å². The number of carbonyl (C=O) groups excluding carboxylic acids is 1. The second-order valence-electron chi connectivity index (χ2n) is 6.13. The van der Waals surface area contributed by atoms with Gasteiger partial charge in [-0.25, -0.2) is 0 Å². The number of rotatable bonds is 6. The standard InChI is InChI=1S/C19H24N2O2S.ClH/c1-15(18-8-5-11-24-18)21(13-16-6-3-2-4-7-16)19(22)12-17-14-23-10-9-20-17;/h2-8,11,15,17,20H,9-10,12-14H2,1H3;1H. The van der Waals surface area contributed by atoms with Crippen molar-refractivity contribution >= 4 is 29.7 Å². The summed E-state index contributed by atoms with van der Waals surface area (Å²) in [5.74, 6) is 0.169. The Labute approximate surface area is 159 Å². The summed E-state index contributed by atoms with van der Waals surface area (Å²) in [6, 6.07) is 14.5. The van der Waals surface area contributed by atoms with Gasteiger partial charge in [-0.1, -0.05) is 36.4 Å². The molecule has 1 aliphatic heterocycles. The van der Waals surface area contributed by atoms with Crippen LogP contribution in [-0.4, -0.2) is 36.6 Å². The van der Waals surface area contributed by atoms with Crippen LogP contribution in [0, 0.1) is 0 Å². The molecule has 4 nitrogen and oxygen atoms in total. The molecule has 2 aromatic rings. The largest absolute Gasteiger partial charge is 0.378 e. The van der Waals surface area contributed by atoms with E-state index in [2.05, 4.69) is 35.8 Å². The number of hydrogen-bond donors (Lipinski definition) is 1. The summed E-state index contributed by atoms with van der Waals surface area (Å²) in [6.07, 6.45) is 0.475. The Morgan fingerprint density at radius 1 is 1.32 bits per heavy atom. The van der Waals surface area contributed by atoms with Crippen LogP contribution < -0.4 is 5.32 Å². The van der Waals surface area contributed by atoms with Crippen LogP contribution in [-0.2, 0) is 16.1 Å². The molecule has 0 aliphatic carbocycles. The van der Waals surface area contributed by atoms with Crippen molar-refractivity contribution in [2.45, 2.75) is 32.0 Å². The predicted octanol–water partition coefficient (Wildman–Crippen LogP) is 3.64. The molecule has 1 aromatic carbocycles. The van der Waals surface area contributed by atoms with Gasteiger partial charge in [0.05, 0.1) is 19.3 Å². The molecule has 2 unspecified atom stereocenters. The molecule has 2 atom stereocenters. The third kappa shape index (κ3) is 5.54. The van der Waals surface area contributed by atoms with Gasteiger partial charge in [0, 0.05) is 30.4 Å². The van der Waals surface area contributed by atoms with Gasteiger partial charge in [-0.3, -0.25) is 4.79 Å². The lowest BCUT2D eigenvalue weighted by molar-refractivity contribution is -0.135. The first-order valence-electron chi connectivity index (χ1n) is 8.42. The van der Waals surface area contributed by atoms with E-state index < -0.39 is 0 Å². The molecule has 0 bridgehead atoms. The number of amides is 1. The maximum atomic E-state index is 13.0. The Kier molecular flexibility index (Phi) is 7.90. The van der Waals surface area contributed by atoms with E-state index in [1.807, 2.05) is 29.2 Å². The number of morpholine rings is 1. The van der Waals surface area contributed by atoms with Crippen molar-refractivity contribution in [3.8, 4) is 0 Å². The molecule has 1 fully saturated rings. The van der Waals surface area contributed by atoms with Crippen LogP contribution in [0.4, 0.5) is 0 Å². The van der Waals surface area contributed by atoms with Crippen molar-refractivity contribution in [3.63, 3.8) is 0 Å². The van der Waals surface area contributed by atoms with Crippen molar-refractivity contribution in [2.75, 3.05) is 19.8 Å². The maximum absolute atomic E-state index is 13.0. The molecule has 1 N–H and O–H groups in total. The van der Waals surface area contributed by atoms with Crippen molar-refractivity contribution in [1.82, 2.24) is 10.2 Å². The Bertz CT molecular complexity index is 630. The smallest absolute Gasteiger partial charge is 0.225 e. The average Bonchev–Trinajstić information content (AvgIpc) is 3.15. The zero-order valence-corrected chi connectivity index (χ0v) is 16.0. The SMILES string of the molecule is CC(c1cccs1)N(Cc1ccccc1)C(=O)CC1COCCN1.Cl. The molecule has 1 saturated heterocycles. The van der Waals surface area contributed by atoms with Crippen LogP contribution in [0.5, 0.6) is 0 Å². The van der Waals surface area contributed by atoms with E-state index >= 15 is 0 Å². The lowest BCUT2D eigenvalue weighted by atomic mass is 10.1. The summed E-state index contributed by atoms with van der Waals surface area (Å²) < 4.78 is 5.48. The number of halogens is 1. The first kappa shape index (κ1) is 19.9. The average molecular weight is 381 g/mol. The highest BCUT2D eigenvalue weighted by atomic mass is 35.5. The third-order valence-electron chi connectivity index (χ3n) is 4.36. The zero-order chi connectivity index (χ0) is 16.8. The van der Waals surface area contributed by atoms with E-state index in [1.165, 1.54) is 4.88 Å². The van der Waals surface area contributed by atoms with Gasteiger partial charge in [-0.15, -0.1) is 23.7 Å². The molecule has 0 radical (unpaired) electrons. The summed E-state index contributed by atoms with van der Waals surface area (Å²) in [4.78, 5) is 16.2. The van der Waals surface area contributed by atoms with Crippen molar-refractivity contribution in [1.29, 1.82) is 0 Å². The number of thiophene rings is 1. The minimum Gasteiger partial charge on any atom is -0.378 e. The van der Waals surface area contributed by atoms with Crippen LogP contribution in [0.15, 0.2) is 47.8 Å². The fourth-order valence-electron chi connectivity index (χ4n) is 2.98. The Morgan fingerprint density at radius 2 is 2.12 bits per heavy atom. The fraction of sp³-hybridized carbons (Fsp3) is 0.421. The molecule has 2 heterocycles. The van der Waals surface area contributed by atoms with Crippen molar-refractivity contribution in [2.24, 2.45) is 0 Å². The number of ether oxygens (including phenoxy) is 1. The van der Waals surface area contributed by atoms with E-state index in [0.717, 1.165) is 18.7 Å². The van der Waals surface area contributed by atoms with Gasteiger partial charge in [0.2, 0.25) is 5.91 Å². The second kappa shape index (κ2) is 9.92. The molecule has 25 heavy (non-hydrogen) atoms. The molecule has 6 heteroatoms. The van der Waals surface area contributed by atoms with E-state index in [9.17, 15) is 4.79 Å². The number of hydrogen-bond acceptors (Lipinski definition) is 4. The highest BCUT2D eigenvalue weighted by molar-refractivity contribution is 7.10. The van der Waals surface area contributed by atoms with Crippen LogP contribution in [0.3, 0.4) is 0 Å². The number of benzene rings is 1. The number of carbonyl (C=O) groups is 1. The van der Waals surface area contributed by atoms with Crippen LogP contribution in [0.1, 0.15) is 29.8 Å². The predicted molar refractivity (Wildman–Crippen MR) is 104 cm³/mol. The number of nitrogens with one attached hydrogen (secondary N) is 1. The van der Waals surface area contributed by atoms with Crippen LogP contribution >= 0.6 is 23.7 Å². The summed E-state index contributed by atoms with van der Waals surface area (Å²) >= 11 is 1.70. The first-order valence-corrected chi connectivity index (χ1v) is 9.30. The Morgan fingerprint density at radius 3 is 2.76 bits per heavy atom. The molecule has 136 valence electrons. The molecular weight excluding hydrogens is 356 g/mol. The summed E-state index contributed by atoms with van der Waals surface area (Å²) in [5, 5.41) is 5.44. The van der Waals surface area contributed by atoms with E-state index in [1.54, 1.807) is 11.3 Å². The van der Waals surface area contributed by atoms with E-state index in [-0.39, 0.29) is 30.4 Å². The van der Waals surface area contributed by atoms with Crippen molar-refractivity contribution < 1.29 is 9.53 Å². The molecule has 3 rings (SSSR count). The topological polar surface area (TPSA) is 41.6 Å². The summed E-state index contributed by atoms with van der Waals surface area (Å²) in [6.45, 7) is 4.89. The Hall–Kier alpha value is -1.40. The molecule has 1 amide bonds. The van der Waals surface area contributed by atoms with Crippen LogP contribution in [0.25, 0.3) is 0 Å². The molecule has 1 aliphatic rings. The number of nitrogens with zero attached hydrogens (tertiary/aromatic N) is 1. The van der Waals surface area contributed by atoms with Gasteiger partial charge in [0.15, 0.2) is 0 Å². The fourth-order valence-corrected chi connectivity index (χ4v) is 3.78. The summed E-state index contributed by atoms with van der Waals surface area (Å²) in [5.41, 5.74) is 1.15. The van der Waals surface area contributed by atoms with Gasteiger partial charge in [0.25, 0.3) is 0 Å². The van der Waals surface area contributed by atoms with Gasteiger partial charge in [-0.2, -0.15) is 0 Å². The third-order valence-corrected chi connectivity index (χ3v) is 5.40. The minimum absolute atomic E-state index is 0. The first-order chi connectivity index (χ1) is 11.7. The maximum Gasteiger partial charge on any atom is 0.225 e. The lowest BCUT2D eigenvalue weighted by Crippen LogP contribution is -2.45. The highest BCUT2D eigenvalue weighted by Crippen LogP contribution is 2.27. The quantitative estimate of drug-likeness (QED) is 0.831. The molecule has 0 spiro atoms.